The van der Waals surface area contributed by atoms with Gasteiger partial charge in [0.15, 0.2) is 0 Å². The summed E-state index contributed by atoms with van der Waals surface area (Å²) < 4.78 is 8.24. The van der Waals surface area contributed by atoms with E-state index in [1.54, 1.807) is 0 Å². The van der Waals surface area contributed by atoms with Crippen molar-refractivity contribution in [1.82, 2.24) is 9.88 Å². The lowest BCUT2D eigenvalue weighted by atomic mass is 10.1. The minimum absolute atomic E-state index is 0.744. The fourth-order valence-corrected chi connectivity index (χ4v) is 2.87. The highest BCUT2D eigenvalue weighted by molar-refractivity contribution is 6.09. The Hall–Kier alpha value is -2.00. The second-order valence-corrected chi connectivity index (χ2v) is 5.28. The number of hydrogen-bond donors (Lipinski definition) is 1. The molecule has 0 saturated carbocycles. The van der Waals surface area contributed by atoms with Gasteiger partial charge in [-0.15, -0.1) is 0 Å². The number of fused-ring (bicyclic) bond motifs is 3. The molecule has 2 aromatic carbocycles. The Kier molecular flexibility index (Phi) is 4.11. The van der Waals surface area contributed by atoms with Gasteiger partial charge < -0.3 is 14.6 Å². The van der Waals surface area contributed by atoms with Crippen LogP contribution in [0.4, 0.5) is 0 Å². The number of rotatable bonds is 6. The van der Waals surface area contributed by atoms with Gasteiger partial charge in [0.25, 0.3) is 0 Å². The predicted molar refractivity (Wildman–Crippen MR) is 89.1 cm³/mol. The van der Waals surface area contributed by atoms with Gasteiger partial charge in [0, 0.05) is 23.3 Å². The number of para-hydroxylation sites is 2. The van der Waals surface area contributed by atoms with Crippen molar-refractivity contribution in [2.24, 2.45) is 7.05 Å². The maximum Gasteiger partial charge on any atom is 0.143 e. The summed E-state index contributed by atoms with van der Waals surface area (Å²) in [6.07, 6.45) is 1.02. The summed E-state index contributed by atoms with van der Waals surface area (Å²) >= 11 is 0. The highest BCUT2D eigenvalue weighted by Crippen LogP contribution is 2.33. The van der Waals surface area contributed by atoms with Crippen molar-refractivity contribution in [2.75, 3.05) is 19.7 Å². The molecule has 21 heavy (non-hydrogen) atoms. The number of hydrogen-bond acceptors (Lipinski definition) is 2. The fraction of sp³-hybridized carbons (Fsp3) is 0.333. The molecule has 0 unspecified atom stereocenters. The van der Waals surface area contributed by atoms with Crippen LogP contribution < -0.4 is 10.1 Å². The zero-order valence-corrected chi connectivity index (χ0v) is 12.7. The van der Waals surface area contributed by atoms with Crippen molar-refractivity contribution < 1.29 is 4.74 Å². The highest BCUT2D eigenvalue weighted by atomic mass is 16.5. The smallest absolute Gasteiger partial charge is 0.143 e. The Morgan fingerprint density at radius 1 is 1.05 bits per heavy atom. The van der Waals surface area contributed by atoms with Crippen LogP contribution in [-0.4, -0.2) is 24.3 Å². The molecule has 0 amide bonds. The van der Waals surface area contributed by atoms with E-state index in [-0.39, 0.29) is 0 Å². The largest absolute Gasteiger partial charge is 0.491 e. The van der Waals surface area contributed by atoms with E-state index in [1.807, 2.05) is 0 Å². The van der Waals surface area contributed by atoms with E-state index >= 15 is 0 Å². The molecule has 1 N–H and O–H groups in total. The monoisotopic (exact) mass is 282 g/mol. The van der Waals surface area contributed by atoms with Crippen LogP contribution in [0, 0.1) is 0 Å². The Bertz CT molecular complexity index is 745. The molecule has 0 atom stereocenters. The van der Waals surface area contributed by atoms with Crippen LogP contribution >= 0.6 is 0 Å². The van der Waals surface area contributed by atoms with Crippen molar-refractivity contribution in [3.05, 3.63) is 42.5 Å². The molecule has 3 heteroatoms. The zero-order chi connectivity index (χ0) is 14.7. The van der Waals surface area contributed by atoms with Gasteiger partial charge in [-0.2, -0.15) is 0 Å². The summed E-state index contributed by atoms with van der Waals surface area (Å²) in [6, 6.07) is 14.8. The minimum Gasteiger partial charge on any atom is -0.491 e. The van der Waals surface area contributed by atoms with E-state index in [2.05, 4.69) is 66.3 Å². The Morgan fingerprint density at radius 3 is 2.71 bits per heavy atom. The second-order valence-electron chi connectivity index (χ2n) is 5.28. The van der Waals surface area contributed by atoms with Gasteiger partial charge in [0.2, 0.25) is 0 Å². The third kappa shape index (κ3) is 2.61. The number of aromatic nitrogens is 1. The average Bonchev–Trinajstić information content (AvgIpc) is 2.82. The molecular formula is C18H22N2O. The number of ether oxygens (including phenoxy) is 1. The first kappa shape index (κ1) is 14.0. The molecule has 0 bridgehead atoms. The van der Waals surface area contributed by atoms with Crippen LogP contribution in [0.5, 0.6) is 5.75 Å². The van der Waals surface area contributed by atoms with E-state index in [1.165, 1.54) is 21.8 Å². The topological polar surface area (TPSA) is 26.2 Å². The lowest BCUT2D eigenvalue weighted by Gasteiger charge is -2.09. The molecule has 0 saturated heterocycles. The fourth-order valence-electron chi connectivity index (χ4n) is 2.87. The molecular weight excluding hydrogens is 260 g/mol. The van der Waals surface area contributed by atoms with Crippen molar-refractivity contribution in [3.8, 4) is 5.75 Å². The van der Waals surface area contributed by atoms with Crippen molar-refractivity contribution in [3.63, 3.8) is 0 Å². The van der Waals surface area contributed by atoms with Crippen LogP contribution in [-0.2, 0) is 7.05 Å². The third-order valence-corrected chi connectivity index (χ3v) is 3.90. The SMILES string of the molecule is CCNCCCOc1cccc2c3ccccc3n(C)c12. The summed E-state index contributed by atoms with van der Waals surface area (Å²) in [5, 5.41) is 5.87. The molecule has 0 aliphatic rings. The molecule has 3 aromatic rings. The molecule has 0 aliphatic carbocycles. The standard InChI is InChI=1S/C18H22N2O/c1-3-19-12-7-13-21-17-11-6-9-15-14-8-4-5-10-16(14)20(2)18(15)17/h4-6,8-11,19H,3,7,12-13H2,1-2H3. The summed E-state index contributed by atoms with van der Waals surface area (Å²) in [6.45, 7) is 4.88. The third-order valence-electron chi connectivity index (χ3n) is 3.90. The van der Waals surface area contributed by atoms with Gasteiger partial charge >= 0.3 is 0 Å². The summed E-state index contributed by atoms with van der Waals surface area (Å²) in [5.41, 5.74) is 2.43. The summed E-state index contributed by atoms with van der Waals surface area (Å²) in [7, 11) is 2.11. The van der Waals surface area contributed by atoms with Crippen molar-refractivity contribution >= 4 is 21.8 Å². The Morgan fingerprint density at radius 2 is 1.86 bits per heavy atom. The maximum absolute atomic E-state index is 6.02. The van der Waals surface area contributed by atoms with Crippen LogP contribution in [0.2, 0.25) is 0 Å². The van der Waals surface area contributed by atoms with E-state index in [0.717, 1.165) is 31.9 Å². The molecule has 0 radical (unpaired) electrons. The van der Waals surface area contributed by atoms with Gasteiger partial charge in [0.05, 0.1) is 12.1 Å². The molecule has 3 nitrogen and oxygen atoms in total. The van der Waals surface area contributed by atoms with E-state index < -0.39 is 0 Å². The van der Waals surface area contributed by atoms with Gasteiger partial charge in [-0.25, -0.2) is 0 Å². The quantitative estimate of drug-likeness (QED) is 0.698. The van der Waals surface area contributed by atoms with Gasteiger partial charge in [0.1, 0.15) is 5.75 Å². The van der Waals surface area contributed by atoms with Crippen molar-refractivity contribution in [2.45, 2.75) is 13.3 Å². The molecule has 1 aromatic heterocycles. The molecule has 0 fully saturated rings. The lowest BCUT2D eigenvalue weighted by molar-refractivity contribution is 0.311. The van der Waals surface area contributed by atoms with E-state index in [0.29, 0.717) is 0 Å². The first-order chi connectivity index (χ1) is 10.3. The summed E-state index contributed by atoms with van der Waals surface area (Å²) in [5.74, 6) is 0.975. The van der Waals surface area contributed by atoms with Crippen LogP contribution in [0.15, 0.2) is 42.5 Å². The van der Waals surface area contributed by atoms with Crippen molar-refractivity contribution in [1.29, 1.82) is 0 Å². The van der Waals surface area contributed by atoms with Gasteiger partial charge in [-0.1, -0.05) is 37.3 Å². The summed E-state index contributed by atoms with van der Waals surface area (Å²) in [4.78, 5) is 0. The number of nitrogens with zero attached hydrogens (tertiary/aromatic N) is 1. The Balaban J connectivity index is 1.92. The number of nitrogens with one attached hydrogen (secondary N) is 1. The Labute approximate surface area is 125 Å². The molecule has 3 rings (SSSR count). The molecule has 110 valence electrons. The lowest BCUT2D eigenvalue weighted by Crippen LogP contribution is -2.16. The first-order valence-electron chi connectivity index (χ1n) is 7.62. The molecule has 1 heterocycles. The van der Waals surface area contributed by atoms with E-state index in [4.69, 9.17) is 4.74 Å². The predicted octanol–water partition coefficient (Wildman–Crippen LogP) is 3.71. The van der Waals surface area contributed by atoms with Crippen LogP contribution in [0.3, 0.4) is 0 Å². The maximum atomic E-state index is 6.02. The number of aryl methyl sites for hydroxylation is 1. The van der Waals surface area contributed by atoms with Crippen LogP contribution in [0.1, 0.15) is 13.3 Å². The highest BCUT2D eigenvalue weighted by Gasteiger charge is 2.11. The van der Waals surface area contributed by atoms with E-state index in [9.17, 15) is 0 Å². The minimum atomic E-state index is 0.744. The zero-order valence-electron chi connectivity index (χ0n) is 12.7. The van der Waals surface area contributed by atoms with Gasteiger partial charge in [-0.3, -0.25) is 0 Å². The molecule has 0 spiro atoms. The first-order valence-corrected chi connectivity index (χ1v) is 7.62. The normalized spacial score (nSPS) is 11.3. The van der Waals surface area contributed by atoms with Gasteiger partial charge in [-0.05, 0) is 31.6 Å². The van der Waals surface area contributed by atoms with Crippen LogP contribution in [0.25, 0.3) is 21.8 Å². The second kappa shape index (κ2) is 6.19. The molecule has 0 aliphatic heterocycles. The number of benzene rings is 2. The average molecular weight is 282 g/mol.